The molecule has 0 saturated carbocycles. The fourth-order valence-corrected chi connectivity index (χ4v) is 5.27. The maximum Gasteiger partial charge on any atom is 0.416 e. The lowest BCUT2D eigenvalue weighted by Gasteiger charge is -2.36. The van der Waals surface area contributed by atoms with Crippen LogP contribution in [0.4, 0.5) is 18.0 Å². The third-order valence-corrected chi connectivity index (χ3v) is 7.03. The van der Waals surface area contributed by atoms with Gasteiger partial charge in [-0.05, 0) is 49.8 Å². The second-order valence-electron chi connectivity index (χ2n) is 9.61. The molecule has 0 bridgehead atoms. The SMILES string of the molecule is CCN1C(=O)N[C@H](c2ccc(C(F)(F)F)cc2)C2=C1CN([C@H](C(=O)N1CCCCC1)C(C)C)C2=O. The number of alkyl halides is 3. The average Bonchev–Trinajstić information content (AvgIpc) is 3.15. The van der Waals surface area contributed by atoms with E-state index in [0.717, 1.165) is 31.4 Å². The highest BCUT2D eigenvalue weighted by molar-refractivity contribution is 6.03. The molecule has 35 heavy (non-hydrogen) atoms. The van der Waals surface area contributed by atoms with Crippen LogP contribution in [0.1, 0.15) is 57.2 Å². The number of hydrogen-bond acceptors (Lipinski definition) is 3. The molecule has 4 amide bonds. The summed E-state index contributed by atoms with van der Waals surface area (Å²) in [6, 6.07) is 2.47. The number of urea groups is 1. The Labute approximate surface area is 202 Å². The number of rotatable bonds is 5. The molecule has 1 aromatic carbocycles. The van der Waals surface area contributed by atoms with Crippen molar-refractivity contribution in [3.05, 3.63) is 46.7 Å². The van der Waals surface area contributed by atoms with Gasteiger partial charge in [0.2, 0.25) is 5.91 Å². The number of carbonyl (C=O) groups is 3. The second-order valence-corrected chi connectivity index (χ2v) is 9.61. The van der Waals surface area contributed by atoms with E-state index in [1.807, 2.05) is 18.7 Å². The number of nitrogens with one attached hydrogen (secondary N) is 1. The van der Waals surface area contributed by atoms with Crippen molar-refractivity contribution in [2.45, 2.75) is 58.3 Å². The standard InChI is InChI=1S/C25H31F3N4O3/c1-4-31-18-14-32(21(15(2)3)23(34)30-12-6-5-7-13-30)22(33)19(18)20(29-24(31)35)16-8-10-17(11-9-16)25(26,27)28/h8-11,15,20-21H,4-7,12-14H2,1-3H3,(H,29,35)/t20-,21+/m1/s1. The lowest BCUT2D eigenvalue weighted by molar-refractivity contribution is -0.145. The summed E-state index contributed by atoms with van der Waals surface area (Å²) in [5.74, 6) is -0.619. The van der Waals surface area contributed by atoms with Gasteiger partial charge in [-0.2, -0.15) is 13.2 Å². The summed E-state index contributed by atoms with van der Waals surface area (Å²) >= 11 is 0. The van der Waals surface area contributed by atoms with Crippen LogP contribution in [0.3, 0.4) is 0 Å². The van der Waals surface area contributed by atoms with Crippen LogP contribution in [0.2, 0.25) is 0 Å². The summed E-state index contributed by atoms with van der Waals surface area (Å²) in [6.07, 6.45) is -1.56. The molecular weight excluding hydrogens is 461 g/mol. The van der Waals surface area contributed by atoms with Gasteiger partial charge in [-0.1, -0.05) is 26.0 Å². The van der Waals surface area contributed by atoms with Crippen LogP contribution in [0.15, 0.2) is 35.5 Å². The van der Waals surface area contributed by atoms with Gasteiger partial charge in [-0.3, -0.25) is 14.5 Å². The van der Waals surface area contributed by atoms with Gasteiger partial charge < -0.3 is 15.1 Å². The van der Waals surface area contributed by atoms with Crippen molar-refractivity contribution in [2.75, 3.05) is 26.2 Å². The molecule has 0 radical (unpaired) electrons. The summed E-state index contributed by atoms with van der Waals surface area (Å²) in [5.41, 5.74) is 0.388. The predicted molar refractivity (Wildman–Crippen MR) is 123 cm³/mol. The highest BCUT2D eigenvalue weighted by atomic mass is 19.4. The zero-order chi connectivity index (χ0) is 25.5. The number of carbonyl (C=O) groups excluding carboxylic acids is 3. The van der Waals surface area contributed by atoms with Gasteiger partial charge in [0.15, 0.2) is 0 Å². The molecular formula is C25H31F3N4O3. The summed E-state index contributed by atoms with van der Waals surface area (Å²) < 4.78 is 39.2. The Morgan fingerprint density at radius 3 is 2.26 bits per heavy atom. The number of amides is 4. The number of halogens is 3. The van der Waals surface area contributed by atoms with Gasteiger partial charge >= 0.3 is 12.2 Å². The van der Waals surface area contributed by atoms with Gasteiger partial charge in [-0.25, -0.2) is 4.79 Å². The van der Waals surface area contributed by atoms with Gasteiger partial charge in [0.05, 0.1) is 29.4 Å². The number of piperidine rings is 1. The molecule has 0 spiro atoms. The van der Waals surface area contributed by atoms with Gasteiger partial charge in [0.1, 0.15) is 6.04 Å². The molecule has 3 aliphatic heterocycles. The maximum absolute atomic E-state index is 13.8. The first-order valence-corrected chi connectivity index (χ1v) is 12.1. The Balaban J connectivity index is 1.69. The first-order valence-electron chi connectivity index (χ1n) is 12.1. The maximum atomic E-state index is 13.8. The quantitative estimate of drug-likeness (QED) is 0.677. The molecule has 0 aromatic heterocycles. The molecule has 1 N–H and O–H groups in total. The molecule has 1 aromatic rings. The van der Waals surface area contributed by atoms with Crippen molar-refractivity contribution >= 4 is 17.8 Å². The van der Waals surface area contributed by atoms with Crippen LogP contribution in [-0.2, 0) is 15.8 Å². The number of benzene rings is 1. The molecule has 0 aliphatic carbocycles. The minimum atomic E-state index is -4.49. The molecule has 7 nitrogen and oxygen atoms in total. The van der Waals surface area contributed by atoms with E-state index in [2.05, 4.69) is 5.32 Å². The van der Waals surface area contributed by atoms with Gasteiger partial charge in [-0.15, -0.1) is 0 Å². The van der Waals surface area contributed by atoms with Crippen LogP contribution in [0.25, 0.3) is 0 Å². The normalized spacial score (nSPS) is 22.0. The lowest BCUT2D eigenvalue weighted by atomic mass is 9.94. The largest absolute Gasteiger partial charge is 0.416 e. The Kier molecular flexibility index (Phi) is 6.83. The van der Waals surface area contributed by atoms with E-state index in [9.17, 15) is 27.6 Å². The summed E-state index contributed by atoms with van der Waals surface area (Å²) in [7, 11) is 0. The van der Waals surface area contributed by atoms with E-state index in [-0.39, 0.29) is 24.3 Å². The Morgan fingerprint density at radius 1 is 1.09 bits per heavy atom. The highest BCUT2D eigenvalue weighted by Crippen LogP contribution is 2.39. The molecule has 2 atom stereocenters. The van der Waals surface area contributed by atoms with Crippen molar-refractivity contribution in [1.82, 2.24) is 20.0 Å². The van der Waals surface area contributed by atoms with E-state index in [1.165, 1.54) is 21.9 Å². The molecule has 190 valence electrons. The Bertz CT molecular complexity index is 1030. The zero-order valence-corrected chi connectivity index (χ0v) is 20.2. The molecule has 1 saturated heterocycles. The third kappa shape index (κ3) is 4.62. The van der Waals surface area contributed by atoms with E-state index in [4.69, 9.17) is 0 Å². The van der Waals surface area contributed by atoms with Crippen molar-refractivity contribution < 1.29 is 27.6 Å². The number of likely N-dealkylation sites (N-methyl/N-ethyl adjacent to an activating group) is 1. The van der Waals surface area contributed by atoms with E-state index in [1.54, 1.807) is 6.92 Å². The van der Waals surface area contributed by atoms with Crippen molar-refractivity contribution in [2.24, 2.45) is 5.92 Å². The number of hydrogen-bond donors (Lipinski definition) is 1. The van der Waals surface area contributed by atoms with E-state index < -0.39 is 29.9 Å². The van der Waals surface area contributed by atoms with Crippen molar-refractivity contribution in [3.8, 4) is 0 Å². The Hall–Kier alpha value is -3.04. The van der Waals surface area contributed by atoms with E-state index >= 15 is 0 Å². The molecule has 4 rings (SSSR count). The molecule has 1 fully saturated rings. The van der Waals surface area contributed by atoms with Crippen LogP contribution in [0, 0.1) is 5.92 Å². The highest BCUT2D eigenvalue weighted by Gasteiger charge is 2.48. The molecule has 0 unspecified atom stereocenters. The topological polar surface area (TPSA) is 73.0 Å². The van der Waals surface area contributed by atoms with Crippen LogP contribution in [-0.4, -0.2) is 64.8 Å². The summed E-state index contributed by atoms with van der Waals surface area (Å²) in [5, 5.41) is 2.78. The summed E-state index contributed by atoms with van der Waals surface area (Å²) in [6.45, 7) is 7.32. The van der Waals surface area contributed by atoms with Gasteiger partial charge in [0.25, 0.3) is 5.91 Å². The zero-order valence-electron chi connectivity index (χ0n) is 20.2. The molecule has 3 aliphatic rings. The number of nitrogens with zero attached hydrogens (tertiary/aromatic N) is 3. The number of likely N-dealkylation sites (tertiary alicyclic amines) is 1. The Morgan fingerprint density at radius 2 is 1.71 bits per heavy atom. The average molecular weight is 493 g/mol. The van der Waals surface area contributed by atoms with Crippen molar-refractivity contribution in [3.63, 3.8) is 0 Å². The van der Waals surface area contributed by atoms with Crippen LogP contribution < -0.4 is 5.32 Å². The minimum absolute atomic E-state index is 0.0960. The minimum Gasteiger partial charge on any atom is -0.341 e. The van der Waals surface area contributed by atoms with Crippen LogP contribution >= 0.6 is 0 Å². The van der Waals surface area contributed by atoms with E-state index in [0.29, 0.717) is 36.5 Å². The fourth-order valence-electron chi connectivity index (χ4n) is 5.27. The van der Waals surface area contributed by atoms with Crippen molar-refractivity contribution in [1.29, 1.82) is 0 Å². The molecule has 3 heterocycles. The first kappa shape index (κ1) is 25.1. The third-order valence-electron chi connectivity index (χ3n) is 7.03. The summed E-state index contributed by atoms with van der Waals surface area (Å²) in [4.78, 5) is 45.0. The first-order chi connectivity index (χ1) is 16.5. The lowest BCUT2D eigenvalue weighted by Crippen LogP contribution is -2.53. The smallest absolute Gasteiger partial charge is 0.341 e. The molecule has 10 heteroatoms. The second kappa shape index (κ2) is 9.54. The predicted octanol–water partition coefficient (Wildman–Crippen LogP) is 3.93. The van der Waals surface area contributed by atoms with Crippen LogP contribution in [0.5, 0.6) is 0 Å². The fraction of sp³-hybridized carbons (Fsp3) is 0.560. The monoisotopic (exact) mass is 492 g/mol. The van der Waals surface area contributed by atoms with Gasteiger partial charge in [0, 0.05) is 19.6 Å².